The van der Waals surface area contributed by atoms with E-state index in [4.69, 9.17) is 10.5 Å². The molecule has 0 aromatic carbocycles. The average Bonchev–Trinajstić information content (AvgIpc) is 2.78. The topological polar surface area (TPSA) is 64.3 Å². The maximum absolute atomic E-state index is 11.4. The van der Waals surface area contributed by atoms with Crippen LogP contribution in [0.5, 0.6) is 0 Å². The minimum Gasteiger partial charge on any atom is -0.469 e. The number of methoxy groups -OCH3 is 1. The Labute approximate surface area is 105 Å². The molecule has 0 spiro atoms. The van der Waals surface area contributed by atoms with Crippen LogP contribution in [-0.2, 0) is 9.53 Å². The first-order valence-corrected chi connectivity index (χ1v) is 6.69. The minimum absolute atomic E-state index is 0.0555. The number of thiophene rings is 1. The van der Waals surface area contributed by atoms with Crippen LogP contribution in [0.2, 0.25) is 0 Å². The maximum Gasteiger partial charge on any atom is 0.307 e. The first kappa shape index (κ1) is 12.5. The first-order chi connectivity index (χ1) is 8.19. The van der Waals surface area contributed by atoms with E-state index in [-0.39, 0.29) is 12.0 Å². The summed E-state index contributed by atoms with van der Waals surface area (Å²) in [5, 5.41) is 5.50. The summed E-state index contributed by atoms with van der Waals surface area (Å²) in [5.41, 5.74) is 5.76. The van der Waals surface area contributed by atoms with Crippen molar-refractivity contribution < 1.29 is 9.53 Å². The molecule has 94 valence electrons. The molecule has 4 nitrogen and oxygen atoms in total. The smallest absolute Gasteiger partial charge is 0.307 e. The van der Waals surface area contributed by atoms with Crippen molar-refractivity contribution in [3.63, 3.8) is 0 Å². The van der Waals surface area contributed by atoms with Crippen molar-refractivity contribution in [3.05, 3.63) is 22.4 Å². The number of nitrogens with one attached hydrogen (secondary N) is 1. The van der Waals surface area contributed by atoms with E-state index in [1.165, 1.54) is 12.0 Å². The van der Waals surface area contributed by atoms with Gasteiger partial charge in [-0.05, 0) is 24.3 Å². The van der Waals surface area contributed by atoms with E-state index >= 15 is 0 Å². The van der Waals surface area contributed by atoms with Crippen LogP contribution in [0.25, 0.3) is 0 Å². The Morgan fingerprint density at radius 3 is 3.00 bits per heavy atom. The molecule has 5 heteroatoms. The number of hydrogen-bond acceptors (Lipinski definition) is 5. The zero-order valence-corrected chi connectivity index (χ0v) is 10.7. The third-order valence-electron chi connectivity index (χ3n) is 3.10. The molecule has 2 rings (SSSR count). The second kappa shape index (κ2) is 5.62. The molecule has 1 fully saturated rings. The molecule has 0 bridgehead atoms. The molecule has 0 aliphatic heterocycles. The molecule has 0 saturated heterocycles. The normalized spacial score (nSPS) is 25.1. The highest BCUT2D eigenvalue weighted by Gasteiger charge is 2.29. The van der Waals surface area contributed by atoms with Crippen LogP contribution < -0.4 is 11.1 Å². The molecule has 17 heavy (non-hydrogen) atoms. The molecule has 3 N–H and O–H groups in total. The van der Waals surface area contributed by atoms with Gasteiger partial charge in [-0.3, -0.25) is 4.79 Å². The number of esters is 1. The van der Waals surface area contributed by atoms with Crippen molar-refractivity contribution in [2.75, 3.05) is 7.11 Å². The lowest BCUT2D eigenvalue weighted by Crippen LogP contribution is -2.49. The molecule has 1 aliphatic rings. The molecule has 0 amide bonds. The van der Waals surface area contributed by atoms with Gasteiger partial charge >= 0.3 is 5.97 Å². The lowest BCUT2D eigenvalue weighted by atomic mass is 9.87. The molecular weight excluding hydrogens is 236 g/mol. The van der Waals surface area contributed by atoms with Crippen LogP contribution in [0.15, 0.2) is 17.5 Å². The number of hydrogen-bond donors (Lipinski definition) is 2. The lowest BCUT2D eigenvalue weighted by molar-refractivity contribution is -0.141. The average molecular weight is 254 g/mol. The van der Waals surface area contributed by atoms with Crippen LogP contribution in [0.1, 0.15) is 30.2 Å². The van der Waals surface area contributed by atoms with Crippen LogP contribution in [-0.4, -0.2) is 25.2 Å². The Hall–Kier alpha value is -0.910. The molecule has 1 saturated carbocycles. The molecule has 1 heterocycles. The number of ether oxygens (including phenoxy) is 1. The summed E-state index contributed by atoms with van der Waals surface area (Å²) < 4.78 is 4.73. The Morgan fingerprint density at radius 1 is 1.71 bits per heavy atom. The third kappa shape index (κ3) is 3.28. The van der Waals surface area contributed by atoms with E-state index < -0.39 is 0 Å². The summed E-state index contributed by atoms with van der Waals surface area (Å²) in [4.78, 5) is 12.6. The molecule has 1 aromatic heterocycles. The van der Waals surface area contributed by atoms with Gasteiger partial charge in [0.25, 0.3) is 0 Å². The summed E-state index contributed by atoms with van der Waals surface area (Å²) in [7, 11) is 1.42. The van der Waals surface area contributed by atoms with E-state index in [0.717, 1.165) is 12.8 Å². The largest absolute Gasteiger partial charge is 0.469 e. The van der Waals surface area contributed by atoms with Gasteiger partial charge in [0.1, 0.15) is 0 Å². The molecule has 1 atom stereocenters. The van der Waals surface area contributed by atoms with Crippen molar-refractivity contribution in [2.45, 2.75) is 37.4 Å². The minimum atomic E-state index is -0.181. The summed E-state index contributed by atoms with van der Waals surface area (Å²) in [6, 6.07) is 4.85. The fourth-order valence-corrected chi connectivity index (χ4v) is 2.85. The van der Waals surface area contributed by atoms with E-state index in [2.05, 4.69) is 5.32 Å². The van der Waals surface area contributed by atoms with Gasteiger partial charge in [0.05, 0.1) is 19.6 Å². The Kier molecular flexibility index (Phi) is 4.15. The summed E-state index contributed by atoms with van der Waals surface area (Å²) >= 11 is 1.66. The zero-order chi connectivity index (χ0) is 12.3. The molecular formula is C12H18N2O2S. The van der Waals surface area contributed by atoms with E-state index in [1.807, 2.05) is 17.5 Å². The fraction of sp³-hybridized carbons (Fsp3) is 0.583. The van der Waals surface area contributed by atoms with Crippen molar-refractivity contribution in [1.29, 1.82) is 0 Å². The highest BCUT2D eigenvalue weighted by Crippen LogP contribution is 2.27. The van der Waals surface area contributed by atoms with Gasteiger partial charge in [0.2, 0.25) is 0 Å². The molecule has 0 radical (unpaired) electrons. The van der Waals surface area contributed by atoms with Crippen LogP contribution >= 0.6 is 11.3 Å². The van der Waals surface area contributed by atoms with E-state index in [0.29, 0.717) is 18.5 Å². The standard InChI is InChI=1S/C12H18N2O2S/c1-16-12(15)7-10(11-3-2-4-17-11)14-9-5-8(13)6-9/h2-4,8-10,14H,5-7,13H2,1H3. The van der Waals surface area contributed by atoms with Gasteiger partial charge in [0, 0.05) is 17.0 Å². The molecule has 1 aromatic rings. The van der Waals surface area contributed by atoms with Gasteiger partial charge in [-0.15, -0.1) is 11.3 Å². The summed E-state index contributed by atoms with van der Waals surface area (Å²) in [6.45, 7) is 0. The Bertz CT molecular complexity index is 361. The first-order valence-electron chi connectivity index (χ1n) is 5.81. The van der Waals surface area contributed by atoms with Crippen molar-refractivity contribution >= 4 is 17.3 Å². The quantitative estimate of drug-likeness (QED) is 0.780. The van der Waals surface area contributed by atoms with E-state index in [1.54, 1.807) is 11.3 Å². The van der Waals surface area contributed by atoms with E-state index in [9.17, 15) is 4.79 Å². The highest BCUT2D eigenvalue weighted by molar-refractivity contribution is 7.10. The number of carbonyl (C=O) groups is 1. The number of rotatable bonds is 5. The number of carbonyl (C=O) groups excluding carboxylic acids is 1. The SMILES string of the molecule is COC(=O)CC(NC1CC(N)C1)c1cccs1. The Morgan fingerprint density at radius 2 is 2.47 bits per heavy atom. The number of nitrogens with two attached hydrogens (primary N) is 1. The zero-order valence-electron chi connectivity index (χ0n) is 9.89. The van der Waals surface area contributed by atoms with Gasteiger partial charge < -0.3 is 15.8 Å². The van der Waals surface area contributed by atoms with Crippen molar-refractivity contribution in [3.8, 4) is 0 Å². The molecule has 1 aliphatic carbocycles. The predicted molar refractivity (Wildman–Crippen MR) is 67.8 cm³/mol. The van der Waals surface area contributed by atoms with Crippen molar-refractivity contribution in [2.24, 2.45) is 5.73 Å². The second-order valence-electron chi connectivity index (χ2n) is 4.44. The van der Waals surface area contributed by atoms with Crippen molar-refractivity contribution in [1.82, 2.24) is 5.32 Å². The van der Waals surface area contributed by atoms with Crippen LogP contribution in [0.4, 0.5) is 0 Å². The lowest BCUT2D eigenvalue weighted by Gasteiger charge is -2.35. The van der Waals surface area contributed by atoms with Crippen LogP contribution in [0.3, 0.4) is 0 Å². The second-order valence-corrected chi connectivity index (χ2v) is 5.42. The third-order valence-corrected chi connectivity index (χ3v) is 4.08. The highest BCUT2D eigenvalue weighted by atomic mass is 32.1. The van der Waals surface area contributed by atoms with Crippen LogP contribution in [0, 0.1) is 0 Å². The summed E-state index contributed by atoms with van der Waals surface area (Å²) in [5.74, 6) is -0.181. The summed E-state index contributed by atoms with van der Waals surface area (Å²) in [6.07, 6.45) is 2.36. The maximum atomic E-state index is 11.4. The monoisotopic (exact) mass is 254 g/mol. The molecule has 1 unspecified atom stereocenters. The Balaban J connectivity index is 1.95. The van der Waals surface area contributed by atoms with Gasteiger partial charge in [-0.25, -0.2) is 0 Å². The predicted octanol–water partition coefficient (Wildman–Crippen LogP) is 1.43. The fourth-order valence-electron chi connectivity index (χ4n) is 2.06. The van der Waals surface area contributed by atoms with Gasteiger partial charge in [0.15, 0.2) is 0 Å². The van der Waals surface area contributed by atoms with Gasteiger partial charge in [-0.2, -0.15) is 0 Å². The van der Waals surface area contributed by atoms with Gasteiger partial charge in [-0.1, -0.05) is 6.07 Å².